The number of hydrogen-bond donors (Lipinski definition) is 1. The smallest absolute Gasteiger partial charge is 0.337 e. The highest BCUT2D eigenvalue weighted by molar-refractivity contribution is 7.90. The maximum absolute atomic E-state index is 12.9. The molecule has 134 valence electrons. The molecule has 11 heteroatoms. The van der Waals surface area contributed by atoms with E-state index < -0.39 is 37.8 Å². The second kappa shape index (κ2) is 6.96. The first kappa shape index (κ1) is 19.1. The number of primary sulfonamides is 1. The van der Waals surface area contributed by atoms with E-state index in [4.69, 9.17) is 16.7 Å². The number of esters is 1. The average Bonchev–Trinajstić information content (AvgIpc) is 2.93. The van der Waals surface area contributed by atoms with E-state index in [0.717, 1.165) is 10.4 Å². The minimum atomic E-state index is -4.08. The number of rotatable bonds is 5. The highest BCUT2D eigenvalue weighted by Crippen LogP contribution is 2.31. The Morgan fingerprint density at radius 3 is 2.62 bits per heavy atom. The van der Waals surface area contributed by atoms with Crippen molar-refractivity contribution in [3.8, 4) is 0 Å². The van der Waals surface area contributed by atoms with Crippen LogP contribution in [0, 0.1) is 0 Å². The lowest BCUT2D eigenvalue weighted by Gasteiger charge is -2.24. The van der Waals surface area contributed by atoms with Crippen LogP contribution in [0.25, 0.3) is 0 Å². The maximum Gasteiger partial charge on any atom is 0.337 e. The van der Waals surface area contributed by atoms with Gasteiger partial charge in [-0.3, -0.25) is 0 Å². The van der Waals surface area contributed by atoms with Gasteiger partial charge in [-0.05, 0) is 31.0 Å². The van der Waals surface area contributed by atoms with E-state index >= 15 is 0 Å². The first-order valence-corrected chi connectivity index (χ1v) is 10.5. The molecule has 1 aliphatic rings. The molecule has 0 radical (unpaired) electrons. The number of nitrogens with two attached hydrogens (primary N) is 1. The van der Waals surface area contributed by atoms with Crippen LogP contribution in [0.5, 0.6) is 0 Å². The Morgan fingerprint density at radius 2 is 2.04 bits per heavy atom. The fourth-order valence-electron chi connectivity index (χ4n) is 2.63. The fraction of sp³-hybridized carbons (Fsp3) is 0.462. The first-order valence-electron chi connectivity index (χ1n) is 6.96. The van der Waals surface area contributed by atoms with Crippen molar-refractivity contribution >= 4 is 37.6 Å². The van der Waals surface area contributed by atoms with Crippen molar-refractivity contribution in [2.24, 2.45) is 5.14 Å². The SMILES string of the molecule is COC(=O)c1ccc(Cl)c(S(=O)(=O)N2CCCC2CS(N)(=O)=O)c1. The molecule has 1 unspecified atom stereocenters. The summed E-state index contributed by atoms with van der Waals surface area (Å²) in [5, 5.41) is 4.97. The summed E-state index contributed by atoms with van der Waals surface area (Å²) in [6.45, 7) is 0.154. The molecule has 0 amide bonds. The van der Waals surface area contributed by atoms with Crippen molar-refractivity contribution in [2.75, 3.05) is 19.4 Å². The number of methoxy groups -OCH3 is 1. The third-order valence-corrected chi connectivity index (χ3v) is 6.97. The number of ether oxygens (including phenoxy) is 1. The van der Waals surface area contributed by atoms with Crippen molar-refractivity contribution in [1.29, 1.82) is 0 Å². The van der Waals surface area contributed by atoms with Gasteiger partial charge in [-0.25, -0.2) is 26.8 Å². The summed E-state index contributed by atoms with van der Waals surface area (Å²) in [6, 6.07) is 2.99. The topological polar surface area (TPSA) is 124 Å². The standard InChI is InChI=1S/C13H17ClN2O6S2/c1-22-13(17)9-4-5-11(14)12(7-9)24(20,21)16-6-2-3-10(16)8-23(15,18)19/h4-5,7,10H,2-3,6,8H2,1H3,(H2,15,18,19). The Balaban J connectivity index is 2.44. The van der Waals surface area contributed by atoms with Gasteiger partial charge in [0.15, 0.2) is 0 Å². The predicted octanol–water partition coefficient (Wildman–Crippen LogP) is 0.568. The van der Waals surface area contributed by atoms with Gasteiger partial charge in [-0.15, -0.1) is 0 Å². The summed E-state index contributed by atoms with van der Waals surface area (Å²) in [4.78, 5) is 11.3. The number of halogens is 1. The van der Waals surface area contributed by atoms with E-state index in [1.165, 1.54) is 19.2 Å². The van der Waals surface area contributed by atoms with Gasteiger partial charge >= 0.3 is 5.97 Å². The van der Waals surface area contributed by atoms with Crippen molar-refractivity contribution < 1.29 is 26.4 Å². The van der Waals surface area contributed by atoms with Gasteiger partial charge in [-0.2, -0.15) is 4.31 Å². The zero-order valence-corrected chi connectivity index (χ0v) is 15.2. The van der Waals surface area contributed by atoms with Crippen molar-refractivity contribution in [1.82, 2.24) is 4.31 Å². The van der Waals surface area contributed by atoms with Crippen molar-refractivity contribution in [2.45, 2.75) is 23.8 Å². The Labute approximate surface area is 145 Å². The van der Waals surface area contributed by atoms with Gasteiger partial charge in [0, 0.05) is 12.6 Å². The van der Waals surface area contributed by atoms with Gasteiger partial charge in [0.2, 0.25) is 20.0 Å². The van der Waals surface area contributed by atoms with Crippen LogP contribution >= 0.6 is 11.6 Å². The normalized spacial score (nSPS) is 19.4. The van der Waals surface area contributed by atoms with E-state index in [2.05, 4.69) is 4.74 Å². The van der Waals surface area contributed by atoms with Crippen LogP contribution in [0.2, 0.25) is 5.02 Å². The second-order valence-electron chi connectivity index (χ2n) is 5.38. The fourth-order valence-corrected chi connectivity index (χ4v) is 5.80. The number of benzene rings is 1. The van der Waals surface area contributed by atoms with E-state index in [-0.39, 0.29) is 22.0 Å². The zero-order valence-electron chi connectivity index (χ0n) is 12.8. The average molecular weight is 397 g/mol. The quantitative estimate of drug-likeness (QED) is 0.725. The molecular weight excluding hydrogens is 380 g/mol. The van der Waals surface area contributed by atoms with Gasteiger partial charge in [0.1, 0.15) is 4.90 Å². The second-order valence-corrected chi connectivity index (χ2v) is 9.30. The Kier molecular flexibility index (Phi) is 5.55. The van der Waals surface area contributed by atoms with Gasteiger partial charge in [0.05, 0.1) is 23.4 Å². The molecule has 1 aromatic rings. The molecule has 0 saturated carbocycles. The van der Waals surface area contributed by atoms with E-state index in [0.29, 0.717) is 12.8 Å². The van der Waals surface area contributed by atoms with Crippen LogP contribution in [0.3, 0.4) is 0 Å². The molecule has 1 atom stereocenters. The molecule has 0 spiro atoms. The summed E-state index contributed by atoms with van der Waals surface area (Å²) in [6.07, 6.45) is 0.887. The summed E-state index contributed by atoms with van der Waals surface area (Å²) >= 11 is 5.99. The predicted molar refractivity (Wildman–Crippen MR) is 87.7 cm³/mol. The molecule has 1 saturated heterocycles. The summed E-state index contributed by atoms with van der Waals surface area (Å²) in [7, 11) is -6.74. The molecule has 0 aromatic heterocycles. The lowest BCUT2D eigenvalue weighted by molar-refractivity contribution is 0.0600. The van der Waals surface area contributed by atoms with Gasteiger partial charge < -0.3 is 4.74 Å². The van der Waals surface area contributed by atoms with Gasteiger partial charge in [0.25, 0.3) is 0 Å². The lowest BCUT2D eigenvalue weighted by Crippen LogP contribution is -2.41. The summed E-state index contributed by atoms with van der Waals surface area (Å²) in [5.41, 5.74) is 0.0302. The minimum absolute atomic E-state index is 0.0302. The Morgan fingerprint density at radius 1 is 1.38 bits per heavy atom. The Hall–Kier alpha value is -1.20. The molecule has 1 heterocycles. The number of carbonyl (C=O) groups is 1. The number of sulfonamides is 2. The number of hydrogen-bond acceptors (Lipinski definition) is 6. The van der Waals surface area contributed by atoms with E-state index in [9.17, 15) is 21.6 Å². The Bertz CT molecular complexity index is 853. The van der Waals surface area contributed by atoms with Crippen LogP contribution in [0.4, 0.5) is 0 Å². The van der Waals surface area contributed by atoms with E-state index in [1.807, 2.05) is 0 Å². The van der Waals surface area contributed by atoms with Crippen LogP contribution in [0.1, 0.15) is 23.2 Å². The minimum Gasteiger partial charge on any atom is -0.465 e. The molecule has 8 nitrogen and oxygen atoms in total. The maximum atomic E-state index is 12.9. The van der Waals surface area contributed by atoms with Crippen LogP contribution in [0.15, 0.2) is 23.1 Å². The molecule has 1 fully saturated rings. The molecule has 0 aliphatic carbocycles. The highest BCUT2D eigenvalue weighted by Gasteiger charge is 2.38. The summed E-state index contributed by atoms with van der Waals surface area (Å²) in [5.74, 6) is -1.17. The highest BCUT2D eigenvalue weighted by atomic mass is 35.5. The van der Waals surface area contributed by atoms with Crippen molar-refractivity contribution in [3.05, 3.63) is 28.8 Å². The van der Waals surface area contributed by atoms with Crippen LogP contribution < -0.4 is 5.14 Å². The third-order valence-electron chi connectivity index (χ3n) is 3.69. The number of nitrogens with zero attached hydrogens (tertiary/aromatic N) is 1. The lowest BCUT2D eigenvalue weighted by atomic mass is 10.2. The van der Waals surface area contributed by atoms with Crippen molar-refractivity contribution in [3.63, 3.8) is 0 Å². The first-order chi connectivity index (χ1) is 11.1. The molecule has 2 N–H and O–H groups in total. The van der Waals surface area contributed by atoms with Crippen LogP contribution in [-0.2, 0) is 24.8 Å². The molecule has 24 heavy (non-hydrogen) atoms. The number of carbonyl (C=O) groups excluding carboxylic acids is 1. The third kappa shape index (κ3) is 4.06. The largest absolute Gasteiger partial charge is 0.465 e. The molecule has 2 rings (SSSR count). The van der Waals surface area contributed by atoms with Crippen LogP contribution in [-0.4, -0.2) is 52.6 Å². The molecule has 1 aliphatic heterocycles. The molecular formula is C13H17ClN2O6S2. The van der Waals surface area contributed by atoms with E-state index in [1.54, 1.807) is 0 Å². The summed E-state index contributed by atoms with van der Waals surface area (Å²) < 4.78 is 54.0. The van der Waals surface area contributed by atoms with Gasteiger partial charge in [-0.1, -0.05) is 11.6 Å². The zero-order chi connectivity index (χ0) is 18.1. The molecule has 0 bridgehead atoms. The monoisotopic (exact) mass is 396 g/mol. The molecule has 1 aromatic carbocycles.